The molecule has 2 fully saturated rings. The monoisotopic (exact) mass is 496 g/mol. The molecule has 0 heterocycles. The van der Waals surface area contributed by atoms with E-state index in [9.17, 15) is 0 Å². The van der Waals surface area contributed by atoms with Gasteiger partial charge in [-0.25, -0.2) is 0 Å². The zero-order valence-corrected chi connectivity index (χ0v) is 23.2. The Balaban J connectivity index is 0. The van der Waals surface area contributed by atoms with Gasteiger partial charge in [-0.1, -0.05) is 79.1 Å². The van der Waals surface area contributed by atoms with Crippen molar-refractivity contribution in [3.05, 3.63) is 87.5 Å². The van der Waals surface area contributed by atoms with Gasteiger partial charge in [-0.3, -0.25) is 0 Å². The third-order valence-corrected chi connectivity index (χ3v) is 4.77. The molecule has 10 radical (unpaired) electrons. The molecule has 0 amide bonds. The van der Waals surface area contributed by atoms with Crippen LogP contribution in [0.3, 0.4) is 0 Å². The van der Waals surface area contributed by atoms with Gasteiger partial charge in [0.05, 0.1) is 0 Å². The van der Waals surface area contributed by atoms with Crippen LogP contribution in [0.25, 0.3) is 0 Å². The van der Waals surface area contributed by atoms with Gasteiger partial charge < -0.3 is 23.3 Å². The Morgan fingerprint density at radius 3 is 0.935 bits per heavy atom. The summed E-state index contributed by atoms with van der Waals surface area (Å²) in [5, 5.41) is 0. The van der Waals surface area contributed by atoms with Gasteiger partial charge in [-0.2, -0.15) is 0 Å². The molecule has 0 nitrogen and oxygen atoms in total. The van der Waals surface area contributed by atoms with Crippen molar-refractivity contribution in [2.45, 2.75) is 105 Å². The van der Waals surface area contributed by atoms with Crippen molar-refractivity contribution in [1.82, 2.24) is 0 Å². The van der Waals surface area contributed by atoms with Gasteiger partial charge >= 0.3 is 26.2 Å². The van der Waals surface area contributed by atoms with Gasteiger partial charge in [0.25, 0.3) is 0 Å². The molecule has 0 unspecified atom stereocenters. The fourth-order valence-electron chi connectivity index (χ4n) is 2.87. The fraction of sp³-hybridized carbons (Fsp3) is 0.533. The van der Waals surface area contributed by atoms with Crippen molar-refractivity contribution in [2.24, 2.45) is 0 Å². The average molecular weight is 498 g/mol. The molecule has 0 atom stereocenters. The Hall–Kier alpha value is 0.363. The largest absolute Gasteiger partial charge is 2.00 e. The first kappa shape index (κ1) is 33.5. The van der Waals surface area contributed by atoms with Crippen LogP contribution in [0, 0.1) is 76.4 Å². The number of hydrogen-bond donors (Lipinski definition) is 0. The van der Waals surface area contributed by atoms with E-state index < -0.39 is 0 Å². The topological polar surface area (TPSA) is 0 Å². The van der Waals surface area contributed by atoms with E-state index in [4.69, 9.17) is 0 Å². The first-order valence-corrected chi connectivity index (χ1v) is 12.3. The molecule has 2 saturated carbocycles. The third-order valence-electron chi connectivity index (χ3n) is 4.77. The molecule has 1 heteroatoms. The van der Waals surface area contributed by atoms with Crippen LogP contribution in [-0.4, -0.2) is 0 Å². The molecule has 0 bridgehead atoms. The Morgan fingerprint density at radius 1 is 0.452 bits per heavy atom. The van der Waals surface area contributed by atoms with Crippen molar-refractivity contribution in [1.29, 1.82) is 0 Å². The van der Waals surface area contributed by atoms with E-state index in [2.05, 4.69) is 39.8 Å². The summed E-state index contributed by atoms with van der Waals surface area (Å²) < 4.78 is 0. The predicted octanol–water partition coefficient (Wildman–Crippen LogP) is 9.25. The van der Waals surface area contributed by atoms with Gasteiger partial charge in [0, 0.05) is 0 Å². The van der Waals surface area contributed by atoms with Crippen LogP contribution in [0.15, 0.2) is 11.1 Å². The Kier molecular flexibility index (Phi) is 30.7. The molecular formula is C30H46Zr. The zero-order chi connectivity index (χ0) is 22.1. The number of hydrogen-bond acceptors (Lipinski definition) is 0. The maximum absolute atomic E-state index is 3.71. The minimum absolute atomic E-state index is 0. The minimum atomic E-state index is 0. The third kappa shape index (κ3) is 23.3. The summed E-state index contributed by atoms with van der Waals surface area (Å²) in [5.74, 6) is 0. The quantitative estimate of drug-likeness (QED) is 0.135. The first-order chi connectivity index (χ1) is 14.8. The van der Waals surface area contributed by atoms with Crippen LogP contribution in [0.1, 0.15) is 105 Å². The molecule has 2 aliphatic rings. The molecule has 0 spiro atoms. The van der Waals surface area contributed by atoms with Crippen molar-refractivity contribution in [3.63, 3.8) is 0 Å². The summed E-state index contributed by atoms with van der Waals surface area (Å²) in [4.78, 5) is 0. The molecule has 0 aromatic rings. The van der Waals surface area contributed by atoms with Gasteiger partial charge in [-0.05, 0) is 64.2 Å². The Bertz CT molecular complexity index is 332. The summed E-state index contributed by atoms with van der Waals surface area (Å²) in [6.07, 6.45) is 42.3. The van der Waals surface area contributed by atoms with E-state index in [-0.39, 0.29) is 26.2 Å². The van der Waals surface area contributed by atoms with Gasteiger partial charge in [0.1, 0.15) is 0 Å². The second-order valence-corrected chi connectivity index (χ2v) is 7.65. The summed E-state index contributed by atoms with van der Waals surface area (Å²) in [5.41, 5.74) is 2.98. The van der Waals surface area contributed by atoms with Crippen molar-refractivity contribution in [3.8, 4) is 0 Å². The SMILES string of the molecule is CCCC[C-]=C(CCCC)C(=[C-]CCCC)CCCC.[CH]1[CH][CH][CH][CH]1.[CH]1[CH][CH][CH][CH]1.[Zr+2]. The molecule has 0 saturated heterocycles. The maximum Gasteiger partial charge on any atom is 2.00 e. The van der Waals surface area contributed by atoms with Crippen LogP contribution >= 0.6 is 0 Å². The summed E-state index contributed by atoms with van der Waals surface area (Å²) >= 11 is 0. The second kappa shape index (κ2) is 28.4. The molecule has 0 aromatic heterocycles. The van der Waals surface area contributed by atoms with Crippen LogP contribution < -0.4 is 0 Å². The number of rotatable bonds is 13. The smallest absolute Gasteiger partial charge is 0.373 e. The molecule has 170 valence electrons. The van der Waals surface area contributed by atoms with E-state index in [0.717, 1.165) is 12.8 Å². The molecule has 31 heavy (non-hydrogen) atoms. The van der Waals surface area contributed by atoms with Gasteiger partial charge in [-0.15, -0.1) is 25.7 Å². The van der Waals surface area contributed by atoms with E-state index in [1.807, 2.05) is 64.2 Å². The van der Waals surface area contributed by atoms with Gasteiger partial charge in [0.15, 0.2) is 0 Å². The minimum Gasteiger partial charge on any atom is -0.373 e. The molecule has 0 N–H and O–H groups in total. The Labute approximate surface area is 217 Å². The second-order valence-electron chi connectivity index (χ2n) is 7.65. The summed E-state index contributed by atoms with van der Waals surface area (Å²) in [6.45, 7) is 9.07. The fourth-order valence-corrected chi connectivity index (χ4v) is 2.87. The van der Waals surface area contributed by atoms with Crippen LogP contribution in [0.5, 0.6) is 0 Å². The van der Waals surface area contributed by atoms with E-state index in [1.54, 1.807) is 0 Å². The molecular weight excluding hydrogens is 452 g/mol. The predicted molar refractivity (Wildman–Crippen MR) is 135 cm³/mol. The number of allylic oxidation sites excluding steroid dienone is 4. The van der Waals surface area contributed by atoms with Crippen molar-refractivity contribution >= 4 is 0 Å². The average Bonchev–Trinajstić information content (AvgIpc) is 3.52. The van der Waals surface area contributed by atoms with Crippen molar-refractivity contribution in [2.75, 3.05) is 0 Å². The normalized spacial score (nSPS) is 16.1. The maximum atomic E-state index is 3.71. The van der Waals surface area contributed by atoms with E-state index in [1.165, 1.54) is 75.4 Å². The van der Waals surface area contributed by atoms with Gasteiger partial charge in [0.2, 0.25) is 0 Å². The van der Waals surface area contributed by atoms with Crippen molar-refractivity contribution < 1.29 is 26.2 Å². The summed E-state index contributed by atoms with van der Waals surface area (Å²) in [7, 11) is 0. The summed E-state index contributed by atoms with van der Waals surface area (Å²) in [6, 6.07) is 0. The van der Waals surface area contributed by atoms with E-state index >= 15 is 0 Å². The molecule has 2 rings (SSSR count). The molecule has 0 aliphatic heterocycles. The van der Waals surface area contributed by atoms with Crippen LogP contribution in [-0.2, 0) is 26.2 Å². The number of unbranched alkanes of at least 4 members (excludes halogenated alkanes) is 6. The zero-order valence-electron chi connectivity index (χ0n) is 20.8. The molecule has 2 aliphatic carbocycles. The van der Waals surface area contributed by atoms with Crippen LogP contribution in [0.2, 0.25) is 0 Å². The van der Waals surface area contributed by atoms with Crippen LogP contribution in [0.4, 0.5) is 0 Å². The standard InChI is InChI=1S/C20H36.2C5H5.Zr/c1-5-9-13-17-19(15-11-7-3)20(16-12-8-4)18-14-10-6-2;2*1-2-4-5-3-1;/h5-16H2,1-4H3;2*1-5H;/q-2;;;+2. The first-order valence-electron chi connectivity index (χ1n) is 12.3. The molecule has 0 aromatic carbocycles. The van der Waals surface area contributed by atoms with E-state index in [0.29, 0.717) is 0 Å². The Morgan fingerprint density at radius 2 is 0.710 bits per heavy atom.